The van der Waals surface area contributed by atoms with Gasteiger partial charge in [-0.2, -0.15) is 0 Å². The summed E-state index contributed by atoms with van der Waals surface area (Å²) in [6.45, 7) is 0.958. The number of pyridine rings is 1. The molecule has 0 atom stereocenters. The fourth-order valence-electron chi connectivity index (χ4n) is 1.91. The molecular weight excluding hydrogens is 286 g/mol. The minimum absolute atomic E-state index is 0.199. The first-order chi connectivity index (χ1) is 9.49. The molecule has 1 aliphatic rings. The van der Waals surface area contributed by atoms with Crippen LogP contribution in [0, 0.1) is 0 Å². The molecule has 2 heterocycles. The van der Waals surface area contributed by atoms with Crippen molar-refractivity contribution in [2.24, 2.45) is 0 Å². The van der Waals surface area contributed by atoms with Gasteiger partial charge in [0.05, 0.1) is 5.02 Å². The lowest BCUT2D eigenvalue weighted by molar-refractivity contribution is -0.156. The molecule has 2 amide bonds. The Morgan fingerprint density at radius 1 is 1.10 bits per heavy atom. The van der Waals surface area contributed by atoms with Gasteiger partial charge in [-0.15, -0.1) is 0 Å². The number of amides is 2. The third-order valence-corrected chi connectivity index (χ3v) is 3.21. The van der Waals surface area contributed by atoms with E-state index in [9.17, 15) is 14.4 Å². The quantitative estimate of drug-likeness (QED) is 0.743. The van der Waals surface area contributed by atoms with E-state index in [0.717, 1.165) is 0 Å². The average Bonchev–Trinajstić information content (AvgIpc) is 2.46. The summed E-state index contributed by atoms with van der Waals surface area (Å²) in [5.41, 5.74) is 0.271. The first kappa shape index (κ1) is 14.3. The topological polar surface area (TPSA) is 90.8 Å². The van der Waals surface area contributed by atoms with Crippen LogP contribution in [0.25, 0.3) is 0 Å². The Hall–Kier alpha value is -2.15. The Balaban J connectivity index is 1.97. The van der Waals surface area contributed by atoms with Crippen LogP contribution in [0.5, 0.6) is 0 Å². The summed E-state index contributed by atoms with van der Waals surface area (Å²) < 4.78 is 0. The molecule has 0 bridgehead atoms. The zero-order chi connectivity index (χ0) is 14.7. The van der Waals surface area contributed by atoms with Crippen molar-refractivity contribution < 1.29 is 19.5 Å². The SMILES string of the molecule is O=C(O)C(=O)N1CCN(C(=O)c2ccc(Cl)cn2)CC1. The van der Waals surface area contributed by atoms with Crippen LogP contribution >= 0.6 is 11.6 Å². The van der Waals surface area contributed by atoms with Crippen LogP contribution in [-0.2, 0) is 9.59 Å². The molecule has 8 heteroatoms. The van der Waals surface area contributed by atoms with Crippen LogP contribution in [-0.4, -0.2) is 63.9 Å². The maximum atomic E-state index is 12.1. The van der Waals surface area contributed by atoms with Crippen molar-refractivity contribution >= 4 is 29.4 Å². The standard InChI is InChI=1S/C12H12ClN3O4/c13-8-1-2-9(14-7-8)10(17)15-3-5-16(6-4-15)11(18)12(19)20/h1-2,7H,3-6H2,(H,19,20). The Morgan fingerprint density at radius 2 is 1.70 bits per heavy atom. The number of aliphatic carboxylic acids is 1. The van der Waals surface area contributed by atoms with Gasteiger partial charge in [0, 0.05) is 32.4 Å². The monoisotopic (exact) mass is 297 g/mol. The van der Waals surface area contributed by atoms with Gasteiger partial charge < -0.3 is 14.9 Å². The van der Waals surface area contributed by atoms with E-state index in [1.807, 2.05) is 0 Å². The number of aromatic nitrogens is 1. The van der Waals surface area contributed by atoms with Gasteiger partial charge in [-0.3, -0.25) is 9.59 Å². The lowest BCUT2D eigenvalue weighted by atomic mass is 10.2. The highest BCUT2D eigenvalue weighted by Gasteiger charge is 2.28. The van der Waals surface area contributed by atoms with Crippen molar-refractivity contribution in [1.82, 2.24) is 14.8 Å². The van der Waals surface area contributed by atoms with Crippen LogP contribution in [0.15, 0.2) is 18.3 Å². The Morgan fingerprint density at radius 3 is 2.20 bits per heavy atom. The molecule has 1 fully saturated rings. The maximum absolute atomic E-state index is 12.1. The highest BCUT2D eigenvalue weighted by atomic mass is 35.5. The first-order valence-electron chi connectivity index (χ1n) is 5.92. The van der Waals surface area contributed by atoms with Gasteiger partial charge in [0.1, 0.15) is 5.69 Å². The van der Waals surface area contributed by atoms with E-state index in [0.29, 0.717) is 5.02 Å². The second kappa shape index (κ2) is 5.87. The van der Waals surface area contributed by atoms with Gasteiger partial charge in [-0.25, -0.2) is 9.78 Å². The van der Waals surface area contributed by atoms with Crippen molar-refractivity contribution in [2.75, 3.05) is 26.2 Å². The van der Waals surface area contributed by atoms with Crippen molar-refractivity contribution in [3.8, 4) is 0 Å². The number of hydrogen-bond acceptors (Lipinski definition) is 4. The number of hydrogen-bond donors (Lipinski definition) is 1. The fourth-order valence-corrected chi connectivity index (χ4v) is 2.02. The highest BCUT2D eigenvalue weighted by Crippen LogP contribution is 2.10. The maximum Gasteiger partial charge on any atom is 0.394 e. The van der Waals surface area contributed by atoms with Crippen molar-refractivity contribution in [1.29, 1.82) is 0 Å². The van der Waals surface area contributed by atoms with Crippen molar-refractivity contribution in [3.63, 3.8) is 0 Å². The zero-order valence-corrected chi connectivity index (χ0v) is 11.2. The summed E-state index contributed by atoms with van der Waals surface area (Å²) >= 11 is 5.70. The van der Waals surface area contributed by atoms with Crippen LogP contribution < -0.4 is 0 Å². The number of nitrogens with zero attached hydrogens (tertiary/aromatic N) is 3. The molecule has 0 aromatic carbocycles. The first-order valence-corrected chi connectivity index (χ1v) is 6.30. The second-order valence-corrected chi connectivity index (χ2v) is 4.69. The summed E-state index contributed by atoms with van der Waals surface area (Å²) in [6, 6.07) is 3.10. The van der Waals surface area contributed by atoms with Gasteiger partial charge in [0.2, 0.25) is 0 Å². The van der Waals surface area contributed by atoms with Gasteiger partial charge in [0.15, 0.2) is 0 Å². The molecule has 106 valence electrons. The summed E-state index contributed by atoms with van der Waals surface area (Å²) in [5.74, 6) is -2.69. The Labute approximate surface area is 119 Å². The Bertz CT molecular complexity index is 538. The number of carboxylic acid groups (broad SMARTS) is 1. The van der Waals surface area contributed by atoms with E-state index < -0.39 is 11.9 Å². The number of carbonyl (C=O) groups is 3. The number of piperazine rings is 1. The number of carbonyl (C=O) groups excluding carboxylic acids is 2. The number of carboxylic acids is 1. The minimum Gasteiger partial charge on any atom is -0.474 e. The molecule has 0 saturated carbocycles. The molecule has 0 aliphatic carbocycles. The summed E-state index contributed by atoms with van der Waals surface area (Å²) in [4.78, 5) is 40.7. The zero-order valence-electron chi connectivity index (χ0n) is 10.5. The lowest BCUT2D eigenvalue weighted by Crippen LogP contribution is -2.52. The predicted octanol–water partition coefficient (Wildman–Crippen LogP) is 0.104. The minimum atomic E-state index is -1.48. The second-order valence-electron chi connectivity index (χ2n) is 4.25. The molecule has 0 unspecified atom stereocenters. The smallest absolute Gasteiger partial charge is 0.394 e. The van der Waals surface area contributed by atoms with Gasteiger partial charge >= 0.3 is 11.9 Å². The van der Waals surface area contributed by atoms with E-state index in [2.05, 4.69) is 4.98 Å². The molecule has 1 aromatic heterocycles. The number of rotatable bonds is 1. The molecular formula is C12H12ClN3O4. The summed E-state index contributed by atoms with van der Waals surface area (Å²) in [7, 11) is 0. The summed E-state index contributed by atoms with van der Waals surface area (Å²) in [5, 5.41) is 9.06. The van der Waals surface area contributed by atoms with E-state index in [1.165, 1.54) is 22.1 Å². The van der Waals surface area contributed by atoms with Crippen molar-refractivity contribution in [2.45, 2.75) is 0 Å². The van der Waals surface area contributed by atoms with Gasteiger partial charge in [-0.1, -0.05) is 11.6 Å². The van der Waals surface area contributed by atoms with Crippen LogP contribution in [0.4, 0.5) is 0 Å². The highest BCUT2D eigenvalue weighted by molar-refractivity contribution is 6.31. The van der Waals surface area contributed by atoms with E-state index in [4.69, 9.17) is 16.7 Å². The van der Waals surface area contributed by atoms with Gasteiger partial charge in [-0.05, 0) is 12.1 Å². The van der Waals surface area contributed by atoms with E-state index in [1.54, 1.807) is 6.07 Å². The Kier molecular flexibility index (Phi) is 4.19. The van der Waals surface area contributed by atoms with Crippen LogP contribution in [0.3, 0.4) is 0 Å². The molecule has 1 N–H and O–H groups in total. The molecule has 1 saturated heterocycles. The van der Waals surface area contributed by atoms with Crippen molar-refractivity contribution in [3.05, 3.63) is 29.0 Å². The molecule has 2 rings (SSSR count). The van der Waals surface area contributed by atoms with Crippen LogP contribution in [0.2, 0.25) is 5.02 Å². The van der Waals surface area contributed by atoms with Crippen LogP contribution in [0.1, 0.15) is 10.5 Å². The predicted molar refractivity (Wildman–Crippen MR) is 69.4 cm³/mol. The molecule has 0 spiro atoms. The van der Waals surface area contributed by atoms with Gasteiger partial charge in [0.25, 0.3) is 5.91 Å². The molecule has 0 radical (unpaired) electrons. The molecule has 20 heavy (non-hydrogen) atoms. The lowest BCUT2D eigenvalue weighted by Gasteiger charge is -2.33. The van der Waals surface area contributed by atoms with E-state index >= 15 is 0 Å². The fraction of sp³-hybridized carbons (Fsp3) is 0.333. The molecule has 1 aliphatic heterocycles. The number of halogens is 1. The molecule has 1 aromatic rings. The average molecular weight is 298 g/mol. The largest absolute Gasteiger partial charge is 0.474 e. The molecule has 7 nitrogen and oxygen atoms in total. The van der Waals surface area contributed by atoms with E-state index in [-0.39, 0.29) is 37.8 Å². The summed E-state index contributed by atoms with van der Waals surface area (Å²) in [6.07, 6.45) is 1.39. The third-order valence-electron chi connectivity index (χ3n) is 2.98. The third kappa shape index (κ3) is 3.05. The normalized spacial score (nSPS) is 15.1.